The van der Waals surface area contributed by atoms with Crippen LogP contribution in [0.5, 0.6) is 5.75 Å². The van der Waals surface area contributed by atoms with Crippen molar-refractivity contribution in [3.63, 3.8) is 0 Å². The summed E-state index contributed by atoms with van der Waals surface area (Å²) in [5.41, 5.74) is 1.55. The molecule has 4 rings (SSSR count). The number of nitrogens with zero attached hydrogens (tertiary/aromatic N) is 1. The average Bonchev–Trinajstić information content (AvgIpc) is 2.97. The zero-order chi connectivity index (χ0) is 15.8. The number of carbonyl (C=O) groups excluding carboxylic acids is 1. The van der Waals surface area contributed by atoms with Gasteiger partial charge in [0.15, 0.2) is 0 Å². The Labute approximate surface area is 141 Å². The lowest BCUT2D eigenvalue weighted by molar-refractivity contribution is -0.118. The van der Waals surface area contributed by atoms with E-state index < -0.39 is 0 Å². The minimum absolute atomic E-state index is 0.00644. The number of fused-ring (bicyclic) bond motifs is 2. The molecule has 4 nitrogen and oxygen atoms in total. The highest BCUT2D eigenvalue weighted by molar-refractivity contribution is 6.30. The smallest absolute Gasteiger partial charge is 0.250 e. The summed E-state index contributed by atoms with van der Waals surface area (Å²) in [4.78, 5) is 15.1. The van der Waals surface area contributed by atoms with Gasteiger partial charge in [0.2, 0.25) is 0 Å². The predicted molar refractivity (Wildman–Crippen MR) is 90.7 cm³/mol. The molecule has 3 aliphatic heterocycles. The minimum atomic E-state index is -0.00644. The van der Waals surface area contributed by atoms with E-state index in [2.05, 4.69) is 10.2 Å². The first-order valence-electron chi connectivity index (χ1n) is 8.38. The first-order chi connectivity index (χ1) is 11.2. The van der Waals surface area contributed by atoms with Gasteiger partial charge in [-0.05, 0) is 50.1 Å². The van der Waals surface area contributed by atoms with Crippen LogP contribution in [0.25, 0.3) is 6.08 Å². The van der Waals surface area contributed by atoms with E-state index in [1.54, 1.807) is 6.07 Å². The number of hydrogen-bond donors (Lipinski definition) is 1. The Morgan fingerprint density at radius 2 is 2.17 bits per heavy atom. The fraction of sp³-hybridized carbons (Fsp3) is 0.500. The van der Waals surface area contributed by atoms with E-state index >= 15 is 0 Å². The largest absolute Gasteiger partial charge is 0.488 e. The fourth-order valence-corrected chi connectivity index (χ4v) is 4.14. The molecule has 3 aliphatic rings. The van der Waals surface area contributed by atoms with Gasteiger partial charge in [0, 0.05) is 29.2 Å². The van der Waals surface area contributed by atoms with Gasteiger partial charge in [0.05, 0.1) is 5.57 Å². The van der Waals surface area contributed by atoms with Crippen molar-refractivity contribution in [3.8, 4) is 5.75 Å². The third-order valence-electron chi connectivity index (χ3n) is 5.15. The van der Waals surface area contributed by atoms with Gasteiger partial charge in [0.25, 0.3) is 5.91 Å². The zero-order valence-corrected chi connectivity index (χ0v) is 13.8. The average molecular weight is 333 g/mol. The Morgan fingerprint density at radius 3 is 3.09 bits per heavy atom. The summed E-state index contributed by atoms with van der Waals surface area (Å²) in [6.07, 6.45) is 6.69. The lowest BCUT2D eigenvalue weighted by Gasteiger charge is -2.32. The monoisotopic (exact) mass is 332 g/mol. The molecule has 0 aromatic heterocycles. The maximum Gasteiger partial charge on any atom is 0.250 e. The van der Waals surface area contributed by atoms with Crippen molar-refractivity contribution >= 4 is 23.6 Å². The van der Waals surface area contributed by atoms with Gasteiger partial charge < -0.3 is 10.1 Å². The number of benzene rings is 1. The van der Waals surface area contributed by atoms with Crippen LogP contribution < -0.4 is 10.1 Å². The van der Waals surface area contributed by atoms with Crippen LogP contribution in [0.3, 0.4) is 0 Å². The molecule has 2 saturated heterocycles. The van der Waals surface area contributed by atoms with Crippen LogP contribution in [-0.2, 0) is 4.79 Å². The van der Waals surface area contributed by atoms with Crippen molar-refractivity contribution in [2.24, 2.45) is 0 Å². The first kappa shape index (κ1) is 15.0. The van der Waals surface area contributed by atoms with Crippen LogP contribution in [0, 0.1) is 0 Å². The number of nitrogens with one attached hydrogen (secondary N) is 1. The van der Waals surface area contributed by atoms with E-state index in [4.69, 9.17) is 16.3 Å². The SMILES string of the molecule is O=C(N[C@H]1CCN2CCCC[C@@H]12)C1=Cc2cc(Cl)ccc2OC1. The normalized spacial score (nSPS) is 26.7. The molecule has 5 heteroatoms. The van der Waals surface area contributed by atoms with Crippen molar-refractivity contribution in [1.29, 1.82) is 0 Å². The molecular weight excluding hydrogens is 312 g/mol. The maximum atomic E-state index is 12.6. The second-order valence-electron chi connectivity index (χ2n) is 6.61. The van der Waals surface area contributed by atoms with Crippen molar-refractivity contribution in [1.82, 2.24) is 10.2 Å². The number of piperidine rings is 1. The van der Waals surface area contributed by atoms with Crippen LogP contribution in [0.2, 0.25) is 5.02 Å². The first-order valence-corrected chi connectivity index (χ1v) is 8.76. The number of ether oxygens (including phenoxy) is 1. The molecule has 2 atom stereocenters. The molecule has 0 saturated carbocycles. The van der Waals surface area contributed by atoms with Crippen molar-refractivity contribution in [3.05, 3.63) is 34.4 Å². The summed E-state index contributed by atoms with van der Waals surface area (Å²) < 4.78 is 5.69. The zero-order valence-electron chi connectivity index (χ0n) is 13.1. The van der Waals surface area contributed by atoms with E-state index in [9.17, 15) is 4.79 Å². The fourth-order valence-electron chi connectivity index (χ4n) is 3.96. The second-order valence-corrected chi connectivity index (χ2v) is 7.04. The molecule has 1 aromatic rings. The number of halogens is 1. The lowest BCUT2D eigenvalue weighted by atomic mass is 9.98. The number of amides is 1. The number of rotatable bonds is 2. The summed E-state index contributed by atoms with van der Waals surface area (Å²) in [6, 6.07) is 6.26. The van der Waals surface area contributed by atoms with Crippen molar-refractivity contribution in [2.75, 3.05) is 19.7 Å². The highest BCUT2D eigenvalue weighted by Crippen LogP contribution is 2.30. The Kier molecular flexibility index (Phi) is 4.04. The van der Waals surface area contributed by atoms with Crippen LogP contribution in [0.4, 0.5) is 0 Å². The van der Waals surface area contributed by atoms with Crippen molar-refractivity contribution in [2.45, 2.75) is 37.8 Å². The molecule has 1 amide bonds. The van der Waals surface area contributed by atoms with Gasteiger partial charge in [-0.15, -0.1) is 0 Å². The Hall–Kier alpha value is -1.52. The second kappa shape index (κ2) is 6.17. The summed E-state index contributed by atoms with van der Waals surface area (Å²) in [5.74, 6) is 0.776. The standard InChI is InChI=1S/C18H21ClN2O2/c19-14-4-5-17-12(10-14)9-13(11-23-17)18(22)20-15-6-8-21-7-2-1-3-16(15)21/h4-5,9-10,15-16H,1-3,6-8,11H2,(H,20,22)/t15-,16-/m0/s1. The van der Waals surface area contributed by atoms with Gasteiger partial charge in [-0.1, -0.05) is 18.0 Å². The Bertz CT molecular complexity index is 658. The molecular formula is C18H21ClN2O2. The van der Waals surface area contributed by atoms with Gasteiger partial charge in [0.1, 0.15) is 12.4 Å². The molecule has 2 fully saturated rings. The number of hydrogen-bond acceptors (Lipinski definition) is 3. The van der Waals surface area contributed by atoms with E-state index in [0.717, 1.165) is 24.3 Å². The summed E-state index contributed by atoms with van der Waals surface area (Å²) >= 11 is 6.03. The van der Waals surface area contributed by atoms with Crippen LogP contribution >= 0.6 is 11.6 Å². The number of carbonyl (C=O) groups is 1. The van der Waals surface area contributed by atoms with Gasteiger partial charge >= 0.3 is 0 Å². The maximum absolute atomic E-state index is 12.6. The minimum Gasteiger partial charge on any atom is -0.488 e. The van der Waals surface area contributed by atoms with E-state index in [-0.39, 0.29) is 11.9 Å². The van der Waals surface area contributed by atoms with Crippen LogP contribution in [0.15, 0.2) is 23.8 Å². The summed E-state index contributed by atoms with van der Waals surface area (Å²) in [6.45, 7) is 2.60. The van der Waals surface area contributed by atoms with Gasteiger partial charge in [-0.2, -0.15) is 0 Å². The Morgan fingerprint density at radius 1 is 1.26 bits per heavy atom. The topological polar surface area (TPSA) is 41.6 Å². The van der Waals surface area contributed by atoms with E-state index in [1.165, 1.54) is 25.8 Å². The lowest BCUT2D eigenvalue weighted by Crippen LogP contribution is -2.47. The van der Waals surface area contributed by atoms with Crippen LogP contribution in [-0.4, -0.2) is 42.6 Å². The van der Waals surface area contributed by atoms with E-state index in [1.807, 2.05) is 18.2 Å². The molecule has 0 aliphatic carbocycles. The summed E-state index contributed by atoms with van der Waals surface area (Å²) in [7, 11) is 0. The summed E-state index contributed by atoms with van der Waals surface area (Å²) in [5, 5.41) is 3.88. The molecule has 3 heterocycles. The molecule has 122 valence electrons. The van der Waals surface area contributed by atoms with Crippen LogP contribution in [0.1, 0.15) is 31.2 Å². The molecule has 0 radical (unpaired) electrons. The molecule has 23 heavy (non-hydrogen) atoms. The van der Waals surface area contributed by atoms with E-state index in [0.29, 0.717) is 23.2 Å². The molecule has 1 N–H and O–H groups in total. The third kappa shape index (κ3) is 2.98. The third-order valence-corrected chi connectivity index (χ3v) is 5.38. The quantitative estimate of drug-likeness (QED) is 0.905. The molecule has 1 aromatic carbocycles. The molecule has 0 spiro atoms. The van der Waals surface area contributed by atoms with Gasteiger partial charge in [-0.3, -0.25) is 9.69 Å². The van der Waals surface area contributed by atoms with Gasteiger partial charge in [-0.25, -0.2) is 0 Å². The molecule has 0 unspecified atom stereocenters. The predicted octanol–water partition coefficient (Wildman–Crippen LogP) is 2.86. The highest BCUT2D eigenvalue weighted by Gasteiger charge is 2.36. The Balaban J connectivity index is 1.47. The highest BCUT2D eigenvalue weighted by atomic mass is 35.5. The molecule has 0 bridgehead atoms. The van der Waals surface area contributed by atoms with Crippen molar-refractivity contribution < 1.29 is 9.53 Å².